The zero-order chi connectivity index (χ0) is 8.36. The van der Waals surface area contributed by atoms with Crippen LogP contribution in [0.15, 0.2) is 24.3 Å². The lowest BCUT2D eigenvalue weighted by Crippen LogP contribution is -1.70. The zero-order valence-corrected chi connectivity index (χ0v) is 7.84. The van der Waals surface area contributed by atoms with E-state index in [-0.39, 0.29) is 0 Å². The Kier molecular flexibility index (Phi) is 9.03. The molecule has 0 radical (unpaired) electrons. The van der Waals surface area contributed by atoms with Gasteiger partial charge in [-0.1, -0.05) is 44.1 Å². The highest BCUT2D eigenvalue weighted by Gasteiger charge is 1.79. The molecule has 11 heavy (non-hydrogen) atoms. The van der Waals surface area contributed by atoms with E-state index in [0.717, 1.165) is 6.42 Å². The van der Waals surface area contributed by atoms with Gasteiger partial charge in [-0.25, -0.2) is 0 Å². The van der Waals surface area contributed by atoms with Crippen molar-refractivity contribution in [1.82, 2.24) is 0 Å². The van der Waals surface area contributed by atoms with Gasteiger partial charge in [0.25, 0.3) is 0 Å². The molecule has 0 fully saturated rings. The van der Waals surface area contributed by atoms with Crippen LogP contribution >= 0.6 is 0 Å². The molecule has 0 saturated heterocycles. The van der Waals surface area contributed by atoms with Crippen molar-refractivity contribution >= 4 is 0 Å². The summed E-state index contributed by atoms with van der Waals surface area (Å²) in [4.78, 5) is 0. The van der Waals surface area contributed by atoms with E-state index in [1.54, 1.807) is 0 Å². The Bertz CT molecular complexity index is 109. The van der Waals surface area contributed by atoms with Gasteiger partial charge in [0, 0.05) is 0 Å². The topological polar surface area (TPSA) is 0 Å². The molecule has 0 heterocycles. The van der Waals surface area contributed by atoms with Crippen LogP contribution in [0, 0.1) is 0 Å². The third-order valence-electron chi connectivity index (χ3n) is 1.65. The molecule has 0 spiro atoms. The number of rotatable bonds is 6. The highest BCUT2D eigenvalue weighted by atomic mass is 13.9. The van der Waals surface area contributed by atoms with Gasteiger partial charge in [0.15, 0.2) is 0 Å². The van der Waals surface area contributed by atoms with Gasteiger partial charge >= 0.3 is 0 Å². The van der Waals surface area contributed by atoms with Crippen LogP contribution < -0.4 is 0 Å². The highest BCUT2D eigenvalue weighted by molar-refractivity contribution is 4.90. The minimum absolute atomic E-state index is 1.10. The maximum Gasteiger partial charge on any atom is -0.0169 e. The standard InChI is InChI=1S/C11H20/c1-3-5-7-9-11-10-8-6-4-2/h3,5,9,11H,4,6-8,10H2,1-2H3. The second kappa shape index (κ2) is 9.48. The Balaban J connectivity index is 3.03. The summed E-state index contributed by atoms with van der Waals surface area (Å²) in [5.41, 5.74) is 0. The first-order chi connectivity index (χ1) is 5.41. The maximum absolute atomic E-state index is 2.29. The van der Waals surface area contributed by atoms with Crippen LogP contribution in [0.2, 0.25) is 0 Å². The van der Waals surface area contributed by atoms with Crippen molar-refractivity contribution in [3.63, 3.8) is 0 Å². The molecule has 0 bridgehead atoms. The number of allylic oxidation sites excluding steroid dienone is 4. The Morgan fingerprint density at radius 2 is 1.82 bits per heavy atom. The van der Waals surface area contributed by atoms with Crippen molar-refractivity contribution in [3.8, 4) is 0 Å². The molecular weight excluding hydrogens is 132 g/mol. The molecule has 0 heteroatoms. The summed E-state index contributed by atoms with van der Waals surface area (Å²) in [6.45, 7) is 4.30. The van der Waals surface area contributed by atoms with E-state index in [1.807, 2.05) is 0 Å². The van der Waals surface area contributed by atoms with Crippen LogP contribution in [-0.4, -0.2) is 0 Å². The lowest BCUT2D eigenvalue weighted by atomic mass is 10.2. The van der Waals surface area contributed by atoms with Gasteiger partial charge in [0.05, 0.1) is 0 Å². The molecule has 0 N–H and O–H groups in total. The van der Waals surface area contributed by atoms with Gasteiger partial charge in [0.2, 0.25) is 0 Å². The van der Waals surface area contributed by atoms with Crippen LogP contribution in [0.3, 0.4) is 0 Å². The molecule has 0 aromatic heterocycles. The third-order valence-corrected chi connectivity index (χ3v) is 1.65. The van der Waals surface area contributed by atoms with Crippen molar-refractivity contribution in [2.45, 2.75) is 46.0 Å². The lowest BCUT2D eigenvalue weighted by molar-refractivity contribution is 0.728. The summed E-state index contributed by atoms with van der Waals surface area (Å²) in [6.07, 6.45) is 15.2. The van der Waals surface area contributed by atoms with E-state index in [0.29, 0.717) is 0 Å². The molecule has 0 aromatic rings. The van der Waals surface area contributed by atoms with Gasteiger partial charge in [0.1, 0.15) is 0 Å². The molecule has 0 aliphatic carbocycles. The molecule has 0 aromatic carbocycles. The molecule has 0 saturated carbocycles. The molecule has 0 rings (SSSR count). The first kappa shape index (κ1) is 10.5. The minimum atomic E-state index is 1.10. The molecule has 0 aliphatic heterocycles. The molecular formula is C11H20. The fourth-order valence-corrected chi connectivity index (χ4v) is 0.941. The Hall–Kier alpha value is -0.520. The fourth-order valence-electron chi connectivity index (χ4n) is 0.941. The van der Waals surface area contributed by atoms with E-state index in [2.05, 4.69) is 38.2 Å². The van der Waals surface area contributed by atoms with Crippen molar-refractivity contribution < 1.29 is 0 Å². The van der Waals surface area contributed by atoms with Crippen LogP contribution in [0.4, 0.5) is 0 Å². The maximum atomic E-state index is 2.29. The molecule has 0 aliphatic rings. The highest BCUT2D eigenvalue weighted by Crippen LogP contribution is 2.00. The summed E-state index contributed by atoms with van der Waals surface area (Å²) >= 11 is 0. The average molecular weight is 152 g/mol. The summed E-state index contributed by atoms with van der Waals surface area (Å²) in [6, 6.07) is 0. The van der Waals surface area contributed by atoms with Gasteiger partial charge in [-0.2, -0.15) is 0 Å². The van der Waals surface area contributed by atoms with Crippen molar-refractivity contribution in [2.24, 2.45) is 0 Å². The van der Waals surface area contributed by atoms with E-state index in [1.165, 1.54) is 25.7 Å². The van der Waals surface area contributed by atoms with E-state index in [4.69, 9.17) is 0 Å². The molecule has 0 nitrogen and oxygen atoms in total. The van der Waals surface area contributed by atoms with E-state index >= 15 is 0 Å². The predicted octanol–water partition coefficient (Wildman–Crippen LogP) is 4.09. The first-order valence-corrected chi connectivity index (χ1v) is 4.68. The Morgan fingerprint density at radius 1 is 1.00 bits per heavy atom. The van der Waals surface area contributed by atoms with Gasteiger partial charge in [-0.15, -0.1) is 0 Å². The van der Waals surface area contributed by atoms with Crippen molar-refractivity contribution in [1.29, 1.82) is 0 Å². The average Bonchev–Trinajstić information content (AvgIpc) is 2.03. The normalized spacial score (nSPS) is 11.8. The third kappa shape index (κ3) is 9.48. The summed E-state index contributed by atoms with van der Waals surface area (Å²) in [5, 5.41) is 0. The second-order valence-corrected chi connectivity index (χ2v) is 2.77. The molecule has 0 amide bonds. The number of unbranched alkanes of at least 4 members (excludes halogenated alkanes) is 3. The van der Waals surface area contributed by atoms with Crippen LogP contribution in [-0.2, 0) is 0 Å². The number of hydrogen-bond donors (Lipinski definition) is 0. The van der Waals surface area contributed by atoms with Gasteiger partial charge < -0.3 is 0 Å². The molecule has 0 atom stereocenters. The largest absolute Gasteiger partial charge is 0.0914 e. The Morgan fingerprint density at radius 3 is 2.45 bits per heavy atom. The van der Waals surface area contributed by atoms with E-state index in [9.17, 15) is 0 Å². The van der Waals surface area contributed by atoms with Gasteiger partial charge in [-0.05, 0) is 26.2 Å². The summed E-state index contributed by atoms with van der Waals surface area (Å²) < 4.78 is 0. The number of hydrogen-bond acceptors (Lipinski definition) is 0. The predicted molar refractivity (Wildman–Crippen MR) is 52.7 cm³/mol. The van der Waals surface area contributed by atoms with Gasteiger partial charge in [-0.3, -0.25) is 0 Å². The second-order valence-electron chi connectivity index (χ2n) is 2.77. The van der Waals surface area contributed by atoms with Crippen LogP contribution in [0.1, 0.15) is 46.0 Å². The summed E-state index contributed by atoms with van der Waals surface area (Å²) in [7, 11) is 0. The molecule has 64 valence electrons. The zero-order valence-electron chi connectivity index (χ0n) is 7.84. The van der Waals surface area contributed by atoms with E-state index < -0.39 is 0 Å². The van der Waals surface area contributed by atoms with Crippen LogP contribution in [0.5, 0.6) is 0 Å². The Labute approximate surface area is 71.0 Å². The smallest absolute Gasteiger partial charge is 0.0169 e. The lowest BCUT2D eigenvalue weighted by Gasteiger charge is -1.90. The summed E-state index contributed by atoms with van der Waals surface area (Å²) in [5.74, 6) is 0. The minimum Gasteiger partial charge on any atom is -0.0914 e. The monoisotopic (exact) mass is 152 g/mol. The first-order valence-electron chi connectivity index (χ1n) is 4.68. The van der Waals surface area contributed by atoms with Crippen molar-refractivity contribution in [3.05, 3.63) is 24.3 Å². The quantitative estimate of drug-likeness (QED) is 0.397. The van der Waals surface area contributed by atoms with Crippen molar-refractivity contribution in [2.75, 3.05) is 0 Å². The van der Waals surface area contributed by atoms with Crippen LogP contribution in [0.25, 0.3) is 0 Å². The molecule has 0 unspecified atom stereocenters. The fraction of sp³-hybridized carbons (Fsp3) is 0.636. The SMILES string of the molecule is CC=CCC=CCCCCC.